The van der Waals surface area contributed by atoms with E-state index in [1.54, 1.807) is 7.11 Å². The number of fused-ring (bicyclic) bond motifs is 1. The van der Waals surface area contributed by atoms with Crippen molar-refractivity contribution >= 4 is 22.6 Å². The fraction of sp³-hybridized carbons (Fsp3) is 0.364. The van der Waals surface area contributed by atoms with Crippen LogP contribution in [0.5, 0.6) is 5.75 Å². The number of benzene rings is 2. The van der Waals surface area contributed by atoms with Crippen LogP contribution in [0.3, 0.4) is 0 Å². The van der Waals surface area contributed by atoms with E-state index in [4.69, 9.17) is 4.74 Å². The van der Waals surface area contributed by atoms with Crippen molar-refractivity contribution in [1.82, 2.24) is 10.2 Å². The first-order valence-electron chi connectivity index (χ1n) is 9.49. The normalized spacial score (nSPS) is 11.1. The summed E-state index contributed by atoms with van der Waals surface area (Å²) in [6.07, 6.45) is 2.39. The molecular formula is C22H27N3O2. The Bertz CT molecular complexity index is 944. The third-order valence-corrected chi connectivity index (χ3v) is 4.78. The van der Waals surface area contributed by atoms with Gasteiger partial charge in [0, 0.05) is 17.4 Å². The minimum Gasteiger partial charge on any atom is -0.496 e. The standard InChI is InChI=1S/C22H27N3O2/c1-5-6-7-21(26)23-22-17-10-8-16(13-19(17)24-25-22)18-12-15(14(2)3)9-11-20(18)27-4/h8-14H,5-7H2,1-4H3,(H2,23,24,25,26). The number of nitrogens with one attached hydrogen (secondary N) is 2. The first kappa shape index (κ1) is 19.0. The number of hydrogen-bond acceptors (Lipinski definition) is 3. The van der Waals surface area contributed by atoms with Gasteiger partial charge in [-0.15, -0.1) is 0 Å². The van der Waals surface area contributed by atoms with Crippen LogP contribution >= 0.6 is 0 Å². The van der Waals surface area contributed by atoms with Gasteiger partial charge >= 0.3 is 0 Å². The van der Waals surface area contributed by atoms with Crippen molar-refractivity contribution in [3.8, 4) is 16.9 Å². The summed E-state index contributed by atoms with van der Waals surface area (Å²) >= 11 is 0. The Hall–Kier alpha value is -2.82. The van der Waals surface area contributed by atoms with Crippen molar-refractivity contribution in [1.29, 1.82) is 0 Å². The van der Waals surface area contributed by atoms with Gasteiger partial charge < -0.3 is 10.1 Å². The van der Waals surface area contributed by atoms with E-state index in [-0.39, 0.29) is 5.91 Å². The van der Waals surface area contributed by atoms with Crippen molar-refractivity contribution in [3.05, 3.63) is 42.0 Å². The Balaban J connectivity index is 1.94. The number of rotatable bonds is 7. The average Bonchev–Trinajstić information content (AvgIpc) is 3.07. The lowest BCUT2D eigenvalue weighted by atomic mass is 9.96. The quantitative estimate of drug-likeness (QED) is 0.582. The summed E-state index contributed by atoms with van der Waals surface area (Å²) in [6.45, 7) is 6.43. The monoisotopic (exact) mass is 365 g/mol. The number of aromatic nitrogens is 2. The summed E-state index contributed by atoms with van der Waals surface area (Å²) in [5.41, 5.74) is 4.25. The molecule has 0 radical (unpaired) electrons. The van der Waals surface area contributed by atoms with Crippen LogP contribution in [0.25, 0.3) is 22.0 Å². The molecule has 0 spiro atoms. The van der Waals surface area contributed by atoms with Gasteiger partial charge in [0.15, 0.2) is 5.82 Å². The number of carbonyl (C=O) groups is 1. The fourth-order valence-electron chi connectivity index (χ4n) is 3.12. The van der Waals surface area contributed by atoms with Crippen LogP contribution in [0.1, 0.15) is 51.5 Å². The minimum atomic E-state index is 0.000584. The van der Waals surface area contributed by atoms with E-state index >= 15 is 0 Å². The second kappa shape index (κ2) is 8.25. The zero-order valence-electron chi connectivity index (χ0n) is 16.4. The van der Waals surface area contributed by atoms with Crippen molar-refractivity contribution in [2.75, 3.05) is 12.4 Å². The third-order valence-electron chi connectivity index (χ3n) is 4.78. The van der Waals surface area contributed by atoms with Crippen molar-refractivity contribution in [3.63, 3.8) is 0 Å². The van der Waals surface area contributed by atoms with Gasteiger partial charge in [-0.2, -0.15) is 5.10 Å². The molecule has 0 saturated carbocycles. The van der Waals surface area contributed by atoms with Crippen LogP contribution in [0, 0.1) is 0 Å². The van der Waals surface area contributed by atoms with Crippen LogP contribution < -0.4 is 10.1 Å². The predicted octanol–water partition coefficient (Wildman–Crippen LogP) is 5.49. The molecule has 0 aliphatic heterocycles. The summed E-state index contributed by atoms with van der Waals surface area (Å²) in [4.78, 5) is 12.0. The van der Waals surface area contributed by atoms with Crippen LogP contribution in [-0.4, -0.2) is 23.2 Å². The van der Waals surface area contributed by atoms with Gasteiger partial charge in [-0.3, -0.25) is 9.89 Å². The Morgan fingerprint density at radius 3 is 2.74 bits per heavy atom. The van der Waals surface area contributed by atoms with Crippen LogP contribution in [0.2, 0.25) is 0 Å². The molecular weight excluding hydrogens is 338 g/mol. The number of unbranched alkanes of at least 4 members (excludes halogenated alkanes) is 1. The molecule has 3 aromatic rings. The first-order valence-corrected chi connectivity index (χ1v) is 9.49. The van der Waals surface area contributed by atoms with E-state index in [1.165, 1.54) is 5.56 Å². The minimum absolute atomic E-state index is 0.000584. The number of aromatic amines is 1. The lowest BCUT2D eigenvalue weighted by Crippen LogP contribution is -2.11. The molecule has 27 heavy (non-hydrogen) atoms. The summed E-state index contributed by atoms with van der Waals surface area (Å²) in [6, 6.07) is 12.4. The number of H-pyrrole nitrogens is 1. The predicted molar refractivity (Wildman–Crippen MR) is 110 cm³/mol. The highest BCUT2D eigenvalue weighted by atomic mass is 16.5. The summed E-state index contributed by atoms with van der Waals surface area (Å²) in [7, 11) is 1.69. The highest BCUT2D eigenvalue weighted by Gasteiger charge is 2.13. The maximum absolute atomic E-state index is 12.0. The maximum atomic E-state index is 12.0. The molecule has 0 aliphatic carbocycles. The van der Waals surface area contributed by atoms with Gasteiger partial charge in [0.25, 0.3) is 0 Å². The number of carbonyl (C=O) groups excluding carboxylic acids is 1. The number of hydrogen-bond donors (Lipinski definition) is 2. The van der Waals surface area contributed by atoms with Crippen LogP contribution in [0.15, 0.2) is 36.4 Å². The fourth-order valence-corrected chi connectivity index (χ4v) is 3.12. The highest BCUT2D eigenvalue weighted by Crippen LogP contribution is 2.35. The van der Waals surface area contributed by atoms with Crippen molar-refractivity contribution in [2.45, 2.75) is 46.0 Å². The molecule has 2 aromatic carbocycles. The van der Waals surface area contributed by atoms with Crippen molar-refractivity contribution < 1.29 is 9.53 Å². The SMILES string of the molecule is CCCCC(=O)Nc1n[nH]c2cc(-c3cc(C(C)C)ccc3OC)ccc12. The summed E-state index contributed by atoms with van der Waals surface area (Å²) < 4.78 is 5.56. The lowest BCUT2D eigenvalue weighted by molar-refractivity contribution is -0.116. The van der Waals surface area contributed by atoms with E-state index in [9.17, 15) is 4.79 Å². The number of anilines is 1. The first-order chi connectivity index (χ1) is 13.0. The van der Waals surface area contributed by atoms with Crippen LogP contribution in [-0.2, 0) is 4.79 Å². The topological polar surface area (TPSA) is 67.0 Å². The zero-order valence-corrected chi connectivity index (χ0v) is 16.4. The van der Waals surface area contributed by atoms with E-state index in [0.29, 0.717) is 18.2 Å². The molecule has 3 rings (SSSR count). The molecule has 0 saturated heterocycles. The second-order valence-corrected chi connectivity index (χ2v) is 7.10. The molecule has 0 aliphatic rings. The number of methoxy groups -OCH3 is 1. The zero-order chi connectivity index (χ0) is 19.4. The summed E-state index contributed by atoms with van der Waals surface area (Å²) in [5, 5.41) is 11.1. The summed E-state index contributed by atoms with van der Waals surface area (Å²) in [5.74, 6) is 1.86. The number of ether oxygens (including phenoxy) is 1. The van der Waals surface area contributed by atoms with Crippen molar-refractivity contribution in [2.24, 2.45) is 0 Å². The van der Waals surface area contributed by atoms with Gasteiger partial charge in [0.1, 0.15) is 5.75 Å². The molecule has 1 aromatic heterocycles. The molecule has 5 nitrogen and oxygen atoms in total. The molecule has 0 fully saturated rings. The van der Waals surface area contributed by atoms with E-state index < -0.39 is 0 Å². The average molecular weight is 365 g/mol. The van der Waals surface area contributed by atoms with Crippen LogP contribution in [0.4, 0.5) is 5.82 Å². The largest absolute Gasteiger partial charge is 0.496 e. The highest BCUT2D eigenvalue weighted by molar-refractivity contribution is 6.00. The molecule has 5 heteroatoms. The lowest BCUT2D eigenvalue weighted by Gasteiger charge is -2.13. The molecule has 1 heterocycles. The Morgan fingerprint density at radius 2 is 2.04 bits per heavy atom. The molecule has 142 valence electrons. The van der Waals surface area contributed by atoms with Gasteiger partial charge in [0.2, 0.25) is 5.91 Å². The Kier molecular flexibility index (Phi) is 5.79. The van der Waals surface area contributed by atoms with Gasteiger partial charge in [-0.25, -0.2) is 0 Å². The number of amides is 1. The third kappa shape index (κ3) is 4.13. The van der Waals surface area contributed by atoms with Gasteiger partial charge in [-0.1, -0.05) is 39.3 Å². The van der Waals surface area contributed by atoms with E-state index in [1.807, 2.05) is 24.3 Å². The molecule has 1 amide bonds. The Morgan fingerprint density at radius 1 is 1.22 bits per heavy atom. The molecule has 0 atom stereocenters. The van der Waals surface area contributed by atoms with Gasteiger partial charge in [0.05, 0.1) is 12.6 Å². The van der Waals surface area contributed by atoms with Gasteiger partial charge in [-0.05, 0) is 47.7 Å². The van der Waals surface area contributed by atoms with E-state index in [2.05, 4.69) is 48.4 Å². The second-order valence-electron chi connectivity index (χ2n) is 7.10. The van der Waals surface area contributed by atoms with E-state index in [0.717, 1.165) is 40.6 Å². The Labute approximate surface area is 160 Å². The molecule has 0 unspecified atom stereocenters. The molecule has 0 bridgehead atoms. The smallest absolute Gasteiger partial charge is 0.225 e. The maximum Gasteiger partial charge on any atom is 0.225 e. The number of nitrogens with zero attached hydrogens (tertiary/aromatic N) is 1. The molecule has 2 N–H and O–H groups in total.